The number of ether oxygens (including phenoxy) is 1. The van der Waals surface area contributed by atoms with E-state index in [0.717, 1.165) is 36.1 Å². The molecular weight excluding hydrogens is 457 g/mol. The van der Waals surface area contributed by atoms with Crippen molar-refractivity contribution in [2.24, 2.45) is 0 Å². The number of nitrogens with zero attached hydrogens (tertiary/aromatic N) is 2. The van der Waals surface area contributed by atoms with E-state index in [2.05, 4.69) is 10.3 Å². The van der Waals surface area contributed by atoms with Gasteiger partial charge in [0.25, 0.3) is 5.91 Å². The molecule has 0 bridgehead atoms. The average Bonchev–Trinajstić information content (AvgIpc) is 3.14. The molecular formula is C21H26FN3O5S2. The highest BCUT2D eigenvalue weighted by atomic mass is 32.2. The third-order valence-corrected chi connectivity index (χ3v) is 7.09. The van der Waals surface area contributed by atoms with Crippen LogP contribution in [0.1, 0.15) is 54.8 Å². The van der Waals surface area contributed by atoms with Crippen molar-refractivity contribution in [1.29, 1.82) is 0 Å². The first-order chi connectivity index (χ1) is 14.8. The van der Waals surface area contributed by atoms with Crippen LogP contribution >= 0.6 is 11.3 Å². The van der Waals surface area contributed by atoms with Gasteiger partial charge in [-0.1, -0.05) is 0 Å². The van der Waals surface area contributed by atoms with Crippen LogP contribution in [0.25, 0.3) is 0 Å². The molecule has 1 saturated heterocycles. The number of anilines is 1. The predicted molar refractivity (Wildman–Crippen MR) is 119 cm³/mol. The van der Waals surface area contributed by atoms with Crippen molar-refractivity contribution in [1.82, 2.24) is 9.88 Å². The third-order valence-electron chi connectivity index (χ3n) is 4.91. The van der Waals surface area contributed by atoms with E-state index in [0.29, 0.717) is 18.2 Å². The van der Waals surface area contributed by atoms with E-state index < -0.39 is 27.2 Å². The number of nitrogens with one attached hydrogen (secondary N) is 1. The fourth-order valence-corrected chi connectivity index (χ4v) is 4.89. The van der Waals surface area contributed by atoms with Crippen LogP contribution in [0.4, 0.5) is 14.3 Å². The van der Waals surface area contributed by atoms with Gasteiger partial charge >= 0.3 is 6.09 Å². The molecule has 11 heteroatoms. The van der Waals surface area contributed by atoms with Gasteiger partial charge in [0, 0.05) is 30.4 Å². The Hall–Kier alpha value is -2.53. The van der Waals surface area contributed by atoms with Gasteiger partial charge in [-0.25, -0.2) is 22.6 Å². The number of halogens is 1. The number of hydrogen-bond acceptors (Lipinski definition) is 7. The van der Waals surface area contributed by atoms with Crippen molar-refractivity contribution in [2.45, 2.75) is 50.0 Å². The van der Waals surface area contributed by atoms with Crippen molar-refractivity contribution in [3.8, 4) is 0 Å². The van der Waals surface area contributed by atoms with Gasteiger partial charge in [0.2, 0.25) is 0 Å². The minimum atomic E-state index is -3.57. The lowest BCUT2D eigenvalue weighted by molar-refractivity contribution is 0.0205. The van der Waals surface area contributed by atoms with E-state index in [9.17, 15) is 22.4 Å². The van der Waals surface area contributed by atoms with E-state index in [1.807, 2.05) is 20.8 Å². The molecule has 0 unspecified atom stereocenters. The van der Waals surface area contributed by atoms with Gasteiger partial charge in [-0.15, -0.1) is 11.3 Å². The quantitative estimate of drug-likeness (QED) is 0.703. The van der Waals surface area contributed by atoms with Crippen LogP contribution in [-0.4, -0.2) is 55.2 Å². The molecule has 3 rings (SSSR count). The lowest BCUT2D eigenvalue weighted by Crippen LogP contribution is -2.41. The third kappa shape index (κ3) is 6.04. The Morgan fingerprint density at radius 1 is 1.25 bits per heavy atom. The second kappa shape index (κ2) is 9.14. The standard InChI is InChI=1S/C21H26FN3O5S2/c1-21(2,3)30-20(27)25-9-7-13(8-10-25)17-12-23-19(31-17)24-18(26)15-6-5-14(11-16(15)22)32(4,28)29/h5-6,11-13H,7-10H2,1-4H3,(H,23,24,26). The Kier molecular flexibility index (Phi) is 6.89. The lowest BCUT2D eigenvalue weighted by atomic mass is 9.96. The molecule has 0 spiro atoms. The molecule has 0 atom stereocenters. The molecule has 8 nitrogen and oxygen atoms in total. The number of thiazole rings is 1. The van der Waals surface area contributed by atoms with Crippen molar-refractivity contribution < 1.29 is 27.1 Å². The normalized spacial score (nSPS) is 15.5. The highest BCUT2D eigenvalue weighted by Gasteiger charge is 2.28. The van der Waals surface area contributed by atoms with Crippen molar-refractivity contribution in [3.63, 3.8) is 0 Å². The topological polar surface area (TPSA) is 106 Å². The number of likely N-dealkylation sites (tertiary alicyclic amines) is 1. The Morgan fingerprint density at radius 2 is 1.91 bits per heavy atom. The van der Waals surface area contributed by atoms with E-state index >= 15 is 0 Å². The monoisotopic (exact) mass is 483 g/mol. The summed E-state index contributed by atoms with van der Waals surface area (Å²) in [4.78, 5) is 31.3. The number of carbonyl (C=O) groups excluding carboxylic acids is 2. The molecule has 32 heavy (non-hydrogen) atoms. The van der Waals surface area contributed by atoms with Crippen molar-refractivity contribution in [3.05, 3.63) is 40.7 Å². The SMILES string of the molecule is CC(C)(C)OC(=O)N1CCC(c2cnc(NC(=O)c3ccc(S(C)(=O)=O)cc3F)s2)CC1. The summed E-state index contributed by atoms with van der Waals surface area (Å²) in [7, 11) is -3.57. The number of aromatic nitrogens is 1. The summed E-state index contributed by atoms with van der Waals surface area (Å²) < 4.78 is 42.7. The highest BCUT2D eigenvalue weighted by Crippen LogP contribution is 2.34. The predicted octanol–water partition coefficient (Wildman–Crippen LogP) is 4.05. The smallest absolute Gasteiger partial charge is 0.410 e. The van der Waals surface area contributed by atoms with Crippen LogP contribution in [-0.2, 0) is 14.6 Å². The van der Waals surface area contributed by atoms with Crippen LogP contribution in [0.3, 0.4) is 0 Å². The van der Waals surface area contributed by atoms with Gasteiger partial charge < -0.3 is 9.64 Å². The average molecular weight is 484 g/mol. The van der Waals surface area contributed by atoms with E-state index in [-0.39, 0.29) is 22.5 Å². The zero-order chi connectivity index (χ0) is 23.7. The summed E-state index contributed by atoms with van der Waals surface area (Å²) >= 11 is 1.30. The molecule has 0 radical (unpaired) electrons. The Morgan fingerprint density at radius 3 is 2.47 bits per heavy atom. The van der Waals surface area contributed by atoms with Crippen LogP contribution in [0.15, 0.2) is 29.3 Å². The van der Waals surface area contributed by atoms with Crippen LogP contribution in [0.2, 0.25) is 0 Å². The minimum absolute atomic E-state index is 0.194. The van der Waals surface area contributed by atoms with Gasteiger partial charge in [-0.2, -0.15) is 0 Å². The first-order valence-corrected chi connectivity index (χ1v) is 12.8. The number of piperidine rings is 1. The Bertz CT molecular complexity index is 1120. The maximum Gasteiger partial charge on any atom is 0.410 e. The maximum absolute atomic E-state index is 14.2. The van der Waals surface area contributed by atoms with Crippen molar-refractivity contribution in [2.75, 3.05) is 24.7 Å². The van der Waals surface area contributed by atoms with Crippen LogP contribution < -0.4 is 5.32 Å². The van der Waals surface area contributed by atoms with Gasteiger partial charge in [-0.3, -0.25) is 10.1 Å². The molecule has 1 N–H and O–H groups in total. The highest BCUT2D eigenvalue weighted by molar-refractivity contribution is 7.90. The molecule has 1 aromatic heterocycles. The summed E-state index contributed by atoms with van der Waals surface area (Å²) in [5.41, 5.74) is -0.802. The summed E-state index contributed by atoms with van der Waals surface area (Å²) in [5.74, 6) is -1.43. The second-order valence-electron chi connectivity index (χ2n) is 8.68. The van der Waals surface area contributed by atoms with E-state index in [4.69, 9.17) is 4.74 Å². The molecule has 0 saturated carbocycles. The molecule has 2 aromatic rings. The number of carbonyl (C=O) groups is 2. The van der Waals surface area contributed by atoms with Gasteiger partial charge in [-0.05, 0) is 57.7 Å². The molecule has 174 valence electrons. The lowest BCUT2D eigenvalue weighted by Gasteiger charge is -2.33. The molecule has 1 aliphatic heterocycles. The summed E-state index contributed by atoms with van der Waals surface area (Å²) in [6.45, 7) is 6.62. The zero-order valence-corrected chi connectivity index (χ0v) is 20.0. The summed E-state index contributed by atoms with van der Waals surface area (Å²) in [6.07, 6.45) is 3.82. The van der Waals surface area contributed by atoms with Gasteiger partial charge in [0.15, 0.2) is 15.0 Å². The molecule has 0 aliphatic carbocycles. The molecule has 2 amide bonds. The zero-order valence-electron chi connectivity index (χ0n) is 18.3. The van der Waals surface area contributed by atoms with Gasteiger partial charge in [0.1, 0.15) is 11.4 Å². The molecule has 2 heterocycles. The van der Waals surface area contributed by atoms with Crippen LogP contribution in [0.5, 0.6) is 0 Å². The second-order valence-corrected chi connectivity index (χ2v) is 11.8. The van der Waals surface area contributed by atoms with Gasteiger partial charge in [0.05, 0.1) is 10.5 Å². The first kappa shape index (κ1) is 24.1. The summed E-state index contributed by atoms with van der Waals surface area (Å²) in [5, 5.41) is 2.89. The molecule has 1 aromatic carbocycles. The fourth-order valence-electron chi connectivity index (χ4n) is 3.28. The number of rotatable bonds is 4. The largest absolute Gasteiger partial charge is 0.444 e. The fraction of sp³-hybridized carbons (Fsp3) is 0.476. The summed E-state index contributed by atoms with van der Waals surface area (Å²) in [6, 6.07) is 3.16. The number of amides is 2. The van der Waals surface area contributed by atoms with Crippen molar-refractivity contribution >= 4 is 38.3 Å². The first-order valence-electron chi connectivity index (χ1n) is 10.1. The van der Waals surface area contributed by atoms with Crippen LogP contribution in [0, 0.1) is 5.82 Å². The Balaban J connectivity index is 1.60. The minimum Gasteiger partial charge on any atom is -0.444 e. The molecule has 1 aliphatic rings. The maximum atomic E-state index is 14.2. The number of hydrogen-bond donors (Lipinski definition) is 1. The van der Waals surface area contributed by atoms with E-state index in [1.54, 1.807) is 11.1 Å². The Labute approximate surface area is 190 Å². The number of sulfone groups is 1. The van der Waals surface area contributed by atoms with E-state index in [1.165, 1.54) is 17.4 Å². The number of benzene rings is 1. The molecule has 1 fully saturated rings.